The molecule has 186 valence electrons. The first-order chi connectivity index (χ1) is 16.4. The van der Waals surface area contributed by atoms with Gasteiger partial charge in [0.05, 0.1) is 24.5 Å². The van der Waals surface area contributed by atoms with Crippen molar-refractivity contribution < 1.29 is 29.0 Å². The van der Waals surface area contributed by atoms with Crippen molar-refractivity contribution in [2.75, 3.05) is 43.1 Å². The lowest BCUT2D eigenvalue weighted by atomic mass is 9.71. The monoisotopic (exact) mass is 473 g/mol. The summed E-state index contributed by atoms with van der Waals surface area (Å²) in [6, 6.07) is 6.75. The number of ether oxygens (including phenoxy) is 2. The van der Waals surface area contributed by atoms with Gasteiger partial charge in [0.15, 0.2) is 0 Å². The third kappa shape index (κ3) is 3.94. The molecule has 0 aliphatic carbocycles. The minimum atomic E-state index is -1.06. The molecule has 3 aliphatic rings. The highest BCUT2D eigenvalue weighted by Gasteiger charge is 2.74. The molecule has 1 spiro atoms. The highest BCUT2D eigenvalue weighted by atomic mass is 16.6. The number of carbonyl (C=O) groups excluding carboxylic acids is 3. The van der Waals surface area contributed by atoms with Gasteiger partial charge in [-0.15, -0.1) is 0 Å². The third-order valence-electron chi connectivity index (χ3n) is 7.43. The smallest absolute Gasteiger partial charge is 0.312 e. The Morgan fingerprint density at radius 3 is 2.56 bits per heavy atom. The normalized spacial score (nSPS) is 29.3. The van der Waals surface area contributed by atoms with E-state index in [-0.39, 0.29) is 31.6 Å². The van der Waals surface area contributed by atoms with Crippen LogP contribution in [0.3, 0.4) is 0 Å². The summed E-state index contributed by atoms with van der Waals surface area (Å²) in [7, 11) is 0. The van der Waals surface area contributed by atoms with Gasteiger partial charge in [-0.05, 0) is 64.3 Å². The fourth-order valence-electron chi connectivity index (χ4n) is 6.00. The van der Waals surface area contributed by atoms with Crippen LogP contribution in [0.4, 0.5) is 11.4 Å². The molecule has 9 nitrogen and oxygen atoms in total. The lowest BCUT2D eigenvalue weighted by Gasteiger charge is -2.33. The van der Waals surface area contributed by atoms with E-state index in [0.717, 1.165) is 18.8 Å². The maximum atomic E-state index is 13.6. The molecule has 1 aromatic rings. The van der Waals surface area contributed by atoms with Crippen LogP contribution < -0.4 is 10.2 Å². The Bertz CT molecular complexity index is 918. The number of aliphatic hydroxyl groups excluding tert-OH is 1. The number of nitrogens with zero attached hydrogens (tertiary/aromatic N) is 2. The van der Waals surface area contributed by atoms with Gasteiger partial charge in [0.2, 0.25) is 11.8 Å². The summed E-state index contributed by atoms with van der Waals surface area (Å²) in [5.41, 5.74) is 0.641. The van der Waals surface area contributed by atoms with Crippen LogP contribution in [0.25, 0.3) is 0 Å². The highest BCUT2D eigenvalue weighted by Crippen LogP contribution is 2.58. The summed E-state index contributed by atoms with van der Waals surface area (Å²) in [6.07, 6.45) is 1.04. The highest BCUT2D eigenvalue weighted by molar-refractivity contribution is 6.03. The number of aliphatic hydroxyl groups is 1. The zero-order valence-corrected chi connectivity index (χ0v) is 20.2. The van der Waals surface area contributed by atoms with Gasteiger partial charge >= 0.3 is 5.97 Å². The van der Waals surface area contributed by atoms with E-state index < -0.39 is 35.6 Å². The van der Waals surface area contributed by atoms with E-state index in [0.29, 0.717) is 24.9 Å². The minimum Gasteiger partial charge on any atom is -0.466 e. The number of anilines is 2. The molecule has 0 saturated carbocycles. The maximum Gasteiger partial charge on any atom is 0.312 e. The van der Waals surface area contributed by atoms with Gasteiger partial charge in [-0.2, -0.15) is 0 Å². The quantitative estimate of drug-likeness (QED) is 0.499. The Kier molecular flexibility index (Phi) is 7.14. The number of amides is 2. The van der Waals surface area contributed by atoms with Crippen LogP contribution in [-0.2, 0) is 23.9 Å². The summed E-state index contributed by atoms with van der Waals surface area (Å²) >= 11 is 0. The second kappa shape index (κ2) is 9.92. The zero-order valence-electron chi connectivity index (χ0n) is 20.2. The molecule has 3 aliphatic heterocycles. The number of nitrogens with one attached hydrogen (secondary N) is 1. The molecule has 5 atom stereocenters. The summed E-state index contributed by atoms with van der Waals surface area (Å²) < 4.78 is 11.6. The van der Waals surface area contributed by atoms with E-state index in [4.69, 9.17) is 9.47 Å². The Morgan fingerprint density at radius 2 is 1.94 bits per heavy atom. The van der Waals surface area contributed by atoms with Crippen LogP contribution >= 0.6 is 0 Å². The van der Waals surface area contributed by atoms with Crippen molar-refractivity contribution in [2.45, 2.75) is 57.8 Å². The number of hydrogen-bond acceptors (Lipinski definition) is 7. The number of rotatable bonds is 10. The average molecular weight is 474 g/mol. The SMILES string of the molecule is CCOC(=O)[C@@H]1[C@H]2C(=O)N(CCCO)C(C(=O)Nc3ccc(N(CC)CC)cc3)C23CC[C@H]1O3. The van der Waals surface area contributed by atoms with Crippen LogP contribution in [0.1, 0.15) is 40.0 Å². The summed E-state index contributed by atoms with van der Waals surface area (Å²) in [5, 5.41) is 12.3. The predicted molar refractivity (Wildman–Crippen MR) is 126 cm³/mol. The fourth-order valence-corrected chi connectivity index (χ4v) is 6.00. The van der Waals surface area contributed by atoms with E-state index >= 15 is 0 Å². The summed E-state index contributed by atoms with van der Waals surface area (Å²) in [6.45, 7) is 8.02. The second-order valence-electron chi connectivity index (χ2n) is 9.13. The van der Waals surface area contributed by atoms with Crippen LogP contribution in [0.15, 0.2) is 24.3 Å². The van der Waals surface area contributed by atoms with Gasteiger partial charge in [-0.1, -0.05) is 0 Å². The topological polar surface area (TPSA) is 108 Å². The number of esters is 1. The summed E-state index contributed by atoms with van der Waals surface area (Å²) in [5.74, 6) is -2.50. The van der Waals surface area contributed by atoms with Gasteiger partial charge < -0.3 is 29.7 Å². The Labute approximate surface area is 200 Å². The lowest BCUT2D eigenvalue weighted by molar-refractivity contribution is -0.154. The Hall–Kier alpha value is -2.65. The first kappa shape index (κ1) is 24.5. The molecule has 2 N–H and O–H groups in total. The molecule has 9 heteroatoms. The largest absolute Gasteiger partial charge is 0.466 e. The fraction of sp³-hybridized carbons (Fsp3) is 0.640. The lowest BCUT2D eigenvalue weighted by Crippen LogP contribution is -2.53. The molecule has 3 heterocycles. The molecule has 3 saturated heterocycles. The van der Waals surface area contributed by atoms with Crippen LogP contribution in [-0.4, -0.2) is 78.4 Å². The van der Waals surface area contributed by atoms with Crippen LogP contribution in [0, 0.1) is 11.8 Å². The minimum absolute atomic E-state index is 0.104. The van der Waals surface area contributed by atoms with Crippen molar-refractivity contribution in [2.24, 2.45) is 11.8 Å². The Balaban J connectivity index is 1.60. The Morgan fingerprint density at radius 1 is 1.24 bits per heavy atom. The second-order valence-corrected chi connectivity index (χ2v) is 9.13. The number of likely N-dealkylation sites (tertiary alicyclic amines) is 1. The molecule has 3 fully saturated rings. The van der Waals surface area contributed by atoms with E-state index in [1.54, 1.807) is 6.92 Å². The molecular formula is C25H35N3O6. The van der Waals surface area contributed by atoms with E-state index in [2.05, 4.69) is 24.1 Å². The van der Waals surface area contributed by atoms with Crippen molar-refractivity contribution in [1.29, 1.82) is 0 Å². The third-order valence-corrected chi connectivity index (χ3v) is 7.43. The van der Waals surface area contributed by atoms with Gasteiger partial charge in [0.25, 0.3) is 0 Å². The molecule has 34 heavy (non-hydrogen) atoms. The van der Waals surface area contributed by atoms with E-state index in [1.165, 1.54) is 4.90 Å². The van der Waals surface area contributed by atoms with Crippen molar-refractivity contribution in [1.82, 2.24) is 4.90 Å². The number of benzene rings is 1. The standard InChI is InChI=1S/C25H35N3O6/c1-4-27(5-2)17-10-8-16(9-11-17)26-22(30)21-25-13-12-18(34-25)19(24(32)33-6-3)20(25)23(31)28(21)14-7-15-29/h8-11,18-21,29H,4-7,12-15H2,1-3H3,(H,26,30)/t18-,19+,20+,21?,25?/m1/s1. The molecular weight excluding hydrogens is 438 g/mol. The van der Waals surface area contributed by atoms with E-state index in [1.807, 2.05) is 24.3 Å². The first-order valence-corrected chi connectivity index (χ1v) is 12.3. The first-order valence-electron chi connectivity index (χ1n) is 12.3. The number of hydrogen-bond donors (Lipinski definition) is 2. The average Bonchev–Trinajstić information content (AvgIpc) is 3.47. The van der Waals surface area contributed by atoms with E-state index in [9.17, 15) is 19.5 Å². The molecule has 4 rings (SSSR count). The molecule has 1 aromatic carbocycles. The molecule has 2 bridgehead atoms. The van der Waals surface area contributed by atoms with Crippen LogP contribution in [0.2, 0.25) is 0 Å². The molecule has 0 radical (unpaired) electrons. The van der Waals surface area contributed by atoms with Gasteiger partial charge in [0.1, 0.15) is 11.6 Å². The molecule has 2 unspecified atom stereocenters. The van der Waals surface area contributed by atoms with Crippen molar-refractivity contribution in [3.8, 4) is 0 Å². The van der Waals surface area contributed by atoms with Gasteiger partial charge in [-0.25, -0.2) is 0 Å². The zero-order chi connectivity index (χ0) is 24.5. The van der Waals surface area contributed by atoms with Crippen molar-refractivity contribution in [3.05, 3.63) is 24.3 Å². The number of carbonyl (C=O) groups is 3. The van der Waals surface area contributed by atoms with Crippen molar-refractivity contribution in [3.63, 3.8) is 0 Å². The van der Waals surface area contributed by atoms with Gasteiger partial charge in [-0.3, -0.25) is 14.4 Å². The molecule has 0 aromatic heterocycles. The van der Waals surface area contributed by atoms with Crippen LogP contribution in [0.5, 0.6) is 0 Å². The predicted octanol–water partition coefficient (Wildman–Crippen LogP) is 1.79. The number of fused-ring (bicyclic) bond motifs is 1. The molecule has 2 amide bonds. The van der Waals surface area contributed by atoms with Gasteiger partial charge in [0, 0.05) is 37.6 Å². The maximum absolute atomic E-state index is 13.6. The summed E-state index contributed by atoms with van der Waals surface area (Å²) in [4.78, 5) is 43.6. The van der Waals surface area contributed by atoms with Crippen molar-refractivity contribution >= 4 is 29.2 Å².